The van der Waals surface area contributed by atoms with E-state index in [-0.39, 0.29) is 0 Å². The predicted octanol–water partition coefficient (Wildman–Crippen LogP) is 2.35. The Hall–Kier alpha value is 0.0900. The first kappa shape index (κ1) is 7.09. The molecule has 0 aromatic heterocycles. The van der Waals surface area contributed by atoms with Gasteiger partial charge in [0.05, 0.1) is 0 Å². The normalized spacial score (nSPS) is 10.6. The van der Waals surface area contributed by atoms with Crippen LogP contribution in [0.15, 0.2) is 12.2 Å². The van der Waals surface area contributed by atoms with Gasteiger partial charge in [-0.3, -0.25) is 0 Å². The van der Waals surface area contributed by atoms with E-state index >= 15 is 0 Å². The van der Waals surface area contributed by atoms with Crippen LogP contribution in [0.25, 0.3) is 0 Å². The van der Waals surface area contributed by atoms with Gasteiger partial charge in [-0.2, -0.15) is 0 Å². The van der Waals surface area contributed by atoms with Crippen LogP contribution in [0.1, 0.15) is 12.8 Å². The molecule has 0 amide bonds. The van der Waals surface area contributed by atoms with Gasteiger partial charge in [0.15, 0.2) is 0 Å². The summed E-state index contributed by atoms with van der Waals surface area (Å²) >= 11 is 4.66. The van der Waals surface area contributed by atoms with Crippen LogP contribution < -0.4 is 0 Å². The van der Waals surface area contributed by atoms with E-state index in [4.69, 9.17) is 0 Å². The van der Waals surface area contributed by atoms with Gasteiger partial charge in [-0.15, -0.1) is 0 Å². The van der Waals surface area contributed by atoms with Crippen LogP contribution in [0.3, 0.4) is 0 Å². The van der Waals surface area contributed by atoms with E-state index in [1.165, 1.54) is 0 Å². The zero-order valence-corrected chi connectivity index (χ0v) is 5.21. The van der Waals surface area contributed by atoms with Gasteiger partial charge in [-0.05, 0) is 12.8 Å². The SMILES string of the molecule is [CH2]CCC=CC[S]. The number of allylic oxidation sites excluding steroid dienone is 1. The third kappa shape index (κ3) is 6.09. The lowest BCUT2D eigenvalue weighted by molar-refractivity contribution is 1.05. The highest BCUT2D eigenvalue weighted by atomic mass is 32.1. The maximum absolute atomic E-state index is 4.66. The number of hydrogen-bond acceptors (Lipinski definition) is 0. The van der Waals surface area contributed by atoms with Crippen molar-refractivity contribution in [2.75, 3.05) is 5.75 Å². The smallest absolute Gasteiger partial charge is 0.0217 e. The van der Waals surface area contributed by atoms with Crippen molar-refractivity contribution >= 4 is 12.6 Å². The second-order valence-corrected chi connectivity index (χ2v) is 1.61. The molecule has 0 aliphatic carbocycles. The van der Waals surface area contributed by atoms with Crippen LogP contribution in [0.2, 0.25) is 0 Å². The molecule has 0 nitrogen and oxygen atoms in total. The largest absolute Gasteiger partial charge is 0.0897 e. The lowest BCUT2D eigenvalue weighted by atomic mass is 10.3. The molecule has 0 unspecified atom stereocenters. The van der Waals surface area contributed by atoms with Crippen LogP contribution >= 0.6 is 12.6 Å². The van der Waals surface area contributed by atoms with Crippen molar-refractivity contribution in [3.63, 3.8) is 0 Å². The monoisotopic (exact) mass is 114 g/mol. The van der Waals surface area contributed by atoms with E-state index in [2.05, 4.69) is 25.6 Å². The molecule has 0 saturated heterocycles. The Kier molecular flexibility index (Phi) is 6.17. The summed E-state index contributed by atoms with van der Waals surface area (Å²) in [6.45, 7) is 3.67. The minimum Gasteiger partial charge on any atom is -0.0897 e. The molecular formula is C6H10S. The van der Waals surface area contributed by atoms with Gasteiger partial charge in [0.1, 0.15) is 0 Å². The molecule has 1 heteroatoms. The average molecular weight is 114 g/mol. The second kappa shape index (κ2) is 6.09. The molecule has 0 fully saturated rings. The summed E-state index contributed by atoms with van der Waals surface area (Å²) in [6.07, 6.45) is 6.10. The van der Waals surface area contributed by atoms with Gasteiger partial charge in [-0.25, -0.2) is 0 Å². The molecule has 0 atom stereocenters. The summed E-state index contributed by atoms with van der Waals surface area (Å²) < 4.78 is 0. The van der Waals surface area contributed by atoms with Crippen molar-refractivity contribution in [2.45, 2.75) is 12.8 Å². The minimum atomic E-state index is 0.736. The summed E-state index contributed by atoms with van der Waals surface area (Å²) in [6, 6.07) is 0. The molecule has 0 bridgehead atoms. The lowest BCUT2D eigenvalue weighted by Crippen LogP contribution is -1.62. The van der Waals surface area contributed by atoms with Crippen LogP contribution in [-0.4, -0.2) is 5.75 Å². The Balaban J connectivity index is 2.78. The number of hydrogen-bond donors (Lipinski definition) is 0. The zero-order valence-electron chi connectivity index (χ0n) is 4.39. The van der Waals surface area contributed by atoms with Crippen molar-refractivity contribution in [3.05, 3.63) is 19.1 Å². The van der Waals surface area contributed by atoms with Crippen LogP contribution in [0, 0.1) is 6.92 Å². The van der Waals surface area contributed by atoms with E-state index in [0.29, 0.717) is 0 Å². The first-order chi connectivity index (χ1) is 3.41. The first-order valence-electron chi connectivity index (χ1n) is 2.44. The third-order valence-electron chi connectivity index (χ3n) is 0.634. The fourth-order valence-electron chi connectivity index (χ4n) is 0.304. The Morgan fingerprint density at radius 3 is 2.57 bits per heavy atom. The average Bonchev–Trinajstić information content (AvgIpc) is 1.69. The fraction of sp³-hybridized carbons (Fsp3) is 0.500. The van der Waals surface area contributed by atoms with Gasteiger partial charge >= 0.3 is 0 Å². The lowest BCUT2D eigenvalue weighted by Gasteiger charge is -1.78. The van der Waals surface area contributed by atoms with Crippen LogP contribution in [-0.2, 0) is 0 Å². The molecule has 40 valence electrons. The Bertz CT molecular complexity index is 48.1. The minimum absolute atomic E-state index is 0.736. The maximum Gasteiger partial charge on any atom is 0.0217 e. The predicted molar refractivity (Wildman–Crippen MR) is 36.2 cm³/mol. The highest BCUT2D eigenvalue weighted by Gasteiger charge is 1.68. The summed E-state index contributed by atoms with van der Waals surface area (Å²) in [4.78, 5) is 0. The Labute approximate surface area is 51.0 Å². The molecule has 0 spiro atoms. The van der Waals surface area contributed by atoms with Gasteiger partial charge in [-0.1, -0.05) is 31.7 Å². The highest BCUT2D eigenvalue weighted by molar-refractivity contribution is 7.80. The second-order valence-electron chi connectivity index (χ2n) is 1.28. The van der Waals surface area contributed by atoms with Crippen molar-refractivity contribution in [2.24, 2.45) is 0 Å². The van der Waals surface area contributed by atoms with Crippen molar-refractivity contribution in [1.29, 1.82) is 0 Å². The molecule has 7 heavy (non-hydrogen) atoms. The van der Waals surface area contributed by atoms with Crippen molar-refractivity contribution in [3.8, 4) is 0 Å². The molecule has 0 heterocycles. The van der Waals surface area contributed by atoms with Crippen LogP contribution in [0.5, 0.6) is 0 Å². The van der Waals surface area contributed by atoms with E-state index in [9.17, 15) is 0 Å². The van der Waals surface area contributed by atoms with Gasteiger partial charge in [0.2, 0.25) is 0 Å². The summed E-state index contributed by atoms with van der Waals surface area (Å²) in [5, 5.41) is 0. The number of rotatable bonds is 3. The molecule has 0 aromatic carbocycles. The molecule has 0 aromatic rings. The molecule has 0 aliphatic heterocycles. The Morgan fingerprint density at radius 1 is 1.43 bits per heavy atom. The molecule has 0 rings (SSSR count). The van der Waals surface area contributed by atoms with Crippen molar-refractivity contribution in [1.82, 2.24) is 0 Å². The van der Waals surface area contributed by atoms with Gasteiger partial charge in [0.25, 0.3) is 0 Å². The zero-order chi connectivity index (χ0) is 5.54. The first-order valence-corrected chi connectivity index (χ1v) is 3.02. The maximum atomic E-state index is 4.66. The molecule has 0 aliphatic rings. The van der Waals surface area contributed by atoms with Crippen LogP contribution in [0.4, 0.5) is 0 Å². The summed E-state index contributed by atoms with van der Waals surface area (Å²) in [7, 11) is 0. The van der Waals surface area contributed by atoms with E-state index in [1.807, 2.05) is 6.08 Å². The quantitative estimate of drug-likeness (QED) is 0.494. The van der Waals surface area contributed by atoms with Crippen molar-refractivity contribution < 1.29 is 0 Å². The molecular weight excluding hydrogens is 104 g/mol. The van der Waals surface area contributed by atoms with E-state index in [1.54, 1.807) is 0 Å². The highest BCUT2D eigenvalue weighted by Crippen LogP contribution is 1.87. The van der Waals surface area contributed by atoms with Gasteiger partial charge < -0.3 is 0 Å². The standard InChI is InChI=1S/C6H10S/c1-2-3-4-5-6-7/h4-5H,1-3,6H2. The number of unbranched alkanes of at least 4 members (excludes halogenated alkanes) is 1. The fourth-order valence-corrected chi connectivity index (χ4v) is 0.440. The Morgan fingerprint density at radius 2 is 2.14 bits per heavy atom. The molecule has 0 N–H and O–H groups in total. The summed E-state index contributed by atoms with van der Waals surface area (Å²) in [5.74, 6) is 0.736. The third-order valence-corrected chi connectivity index (χ3v) is 0.826. The van der Waals surface area contributed by atoms with E-state index in [0.717, 1.165) is 18.6 Å². The van der Waals surface area contributed by atoms with Gasteiger partial charge in [0, 0.05) is 5.75 Å². The summed E-state index contributed by atoms with van der Waals surface area (Å²) in [5.41, 5.74) is 0. The topological polar surface area (TPSA) is 0 Å². The van der Waals surface area contributed by atoms with E-state index < -0.39 is 0 Å². The molecule has 0 saturated carbocycles. The molecule has 2 radical (unpaired) electrons.